The lowest BCUT2D eigenvalue weighted by atomic mass is 9.99. The summed E-state index contributed by atoms with van der Waals surface area (Å²) in [6, 6.07) is 67.3. The number of imide groups is 2. The van der Waals surface area contributed by atoms with Gasteiger partial charge in [-0.15, -0.1) is 0 Å². The van der Waals surface area contributed by atoms with Gasteiger partial charge < -0.3 is 33.0 Å². The molecular formula is C118H185N9O14S. The Bertz CT molecular complexity index is 5500. The van der Waals surface area contributed by atoms with Gasteiger partial charge >= 0.3 is 16.4 Å². The van der Waals surface area contributed by atoms with Gasteiger partial charge in [0, 0.05) is 111 Å². The Kier molecular flexibility index (Phi) is 94.9. The van der Waals surface area contributed by atoms with Crippen molar-refractivity contribution in [1.82, 2.24) is 33.3 Å². The fourth-order valence-corrected chi connectivity index (χ4v) is 12.9. The van der Waals surface area contributed by atoms with Crippen molar-refractivity contribution < 1.29 is 47.2 Å². The molecule has 0 spiro atoms. The maximum atomic E-state index is 11.5. The van der Waals surface area contributed by atoms with Crippen LogP contribution in [0.3, 0.4) is 0 Å². The molecule has 0 aliphatic carbocycles. The zero-order valence-electron chi connectivity index (χ0n) is 95.9. The molecule has 12 aromatic rings. The summed E-state index contributed by atoms with van der Waals surface area (Å²) < 4.78 is 14.9. The van der Waals surface area contributed by atoms with E-state index in [9.17, 15) is 57.5 Å². The fourth-order valence-electron chi connectivity index (χ4n) is 12.0. The number of benzene rings is 9. The van der Waals surface area contributed by atoms with Gasteiger partial charge in [-0.25, -0.2) is 14.2 Å². The Morgan fingerprint density at radius 1 is 0.239 bits per heavy atom. The molecular weight excluding hydrogens is 1800 g/mol. The SMILES string of the molecule is CC.CC.CC.CC.CC.CC.CC.CC.CC.CC.CC.CC.CC.CC.CC.CC.CC.CC.CN1C(=O)CCc2ccccc21.CN1C(=O)Cc2ccccc21.CN1C(=O)Cc2ccccc2C1=O.CN1C(=O)c2ccccc2C1=O.CN1CCc2ccccc2C1=O.CN1Cc2ccccc2C1=O.Cn1c(=O)oc2ccccc21.Cn1c(=O)oc2ccccc2c1=O.Cn1c(=O)sc2ccccc21. The molecule has 0 fully saturated rings. The van der Waals surface area contributed by atoms with E-state index in [1.54, 1.807) is 105 Å². The molecule has 8 amide bonds. The average molecular weight is 1990 g/mol. The Balaban J connectivity index is -0.000000192. The molecule has 9 aromatic carbocycles. The lowest BCUT2D eigenvalue weighted by Crippen LogP contribution is -2.39. The fraction of sp³-hybridized carbons (Fsp3) is 0.441. The minimum Gasteiger partial charge on any atom is -0.409 e. The first-order valence-corrected chi connectivity index (χ1v) is 52.5. The molecule has 23 nitrogen and oxygen atoms in total. The molecule has 18 rings (SSSR count). The molecule has 142 heavy (non-hydrogen) atoms. The first-order chi connectivity index (χ1) is 68.8. The standard InChI is InChI=1S/C10H9NO2.2C10H11NO.C9H7NO3.C9H7NO2.2C9H9NO.C8H7NO2.C8H7NOS.18C2H6/c1-11-9(12)6-7-4-2-3-5-8(7)10(11)13;1-11-7-6-8-4-2-3-5-9(8)10(11)12;1-11-9-5-3-2-4-8(9)6-7-10(11)12;1-10-8(11)6-4-2-3-5-7(6)13-9(10)12;1-10-8(11)6-4-2-3-5-7(6)9(10)12;1-10-6-7-4-2-3-5-8(7)9(10)11;1-10-8-5-3-2-4-7(8)6-9(10)11;2*1-9-6-4-2-3-5-7(6)11-8(9)10;18*1-2/h2-5H,6H2,1H3;2*2-5H,6-7H2,1H3;2-5H,1H3;2-5H,1H3;2*2-5H,6H2,1H3;2*2-5H,1H3;18*1-2H3. The molecule has 0 bridgehead atoms. The minimum atomic E-state index is -0.635. The Labute approximate surface area is 860 Å². The van der Waals surface area contributed by atoms with Crippen molar-refractivity contribution in [2.45, 2.75) is 288 Å². The largest absolute Gasteiger partial charge is 0.422 e. The highest BCUT2D eigenvalue weighted by Crippen LogP contribution is 2.29. The first-order valence-electron chi connectivity index (χ1n) is 51.7. The van der Waals surface area contributed by atoms with E-state index in [-0.39, 0.29) is 63.4 Å². The summed E-state index contributed by atoms with van der Waals surface area (Å²) in [6.07, 6.45) is 3.41. The number of carbonyl (C=O) groups is 8. The highest BCUT2D eigenvalue weighted by molar-refractivity contribution is 7.16. The third-order valence-corrected chi connectivity index (χ3v) is 19.3. The minimum absolute atomic E-state index is 0.103. The molecule has 0 N–H and O–H groups in total. The van der Waals surface area contributed by atoms with Crippen LogP contribution in [-0.2, 0) is 67.8 Å². The topological polar surface area (TPSA) is 265 Å². The van der Waals surface area contributed by atoms with Crippen LogP contribution in [0, 0.1) is 0 Å². The predicted octanol–water partition coefficient (Wildman–Crippen LogP) is 28.8. The summed E-state index contributed by atoms with van der Waals surface area (Å²) in [7, 11) is 15.2. The van der Waals surface area contributed by atoms with Crippen molar-refractivity contribution in [3.05, 3.63) is 315 Å². The van der Waals surface area contributed by atoms with Crippen molar-refractivity contribution in [3.63, 3.8) is 0 Å². The Hall–Kier alpha value is -13.0. The number of amides is 8. The van der Waals surface area contributed by atoms with E-state index in [0.717, 1.165) is 90.3 Å². The van der Waals surface area contributed by atoms with Crippen molar-refractivity contribution in [1.29, 1.82) is 0 Å². The molecule has 9 heterocycles. The Morgan fingerprint density at radius 3 is 1.01 bits per heavy atom. The number of likely N-dealkylation sites (N-methyl/N-ethyl adjacent to an activating group) is 3. The molecule has 792 valence electrons. The van der Waals surface area contributed by atoms with Crippen molar-refractivity contribution in [2.24, 2.45) is 21.1 Å². The van der Waals surface area contributed by atoms with E-state index in [0.29, 0.717) is 52.5 Å². The van der Waals surface area contributed by atoms with Crippen LogP contribution in [0.2, 0.25) is 0 Å². The smallest absolute Gasteiger partial charge is 0.409 e. The number of thiazole rings is 1. The quantitative estimate of drug-likeness (QED) is 0.128. The highest BCUT2D eigenvalue weighted by Gasteiger charge is 2.32. The number of anilines is 2. The second kappa shape index (κ2) is 91.8. The number of aryl methyl sites for hydroxylation is 3. The van der Waals surface area contributed by atoms with Gasteiger partial charge in [0.2, 0.25) is 17.7 Å². The molecule has 0 saturated heterocycles. The van der Waals surface area contributed by atoms with Gasteiger partial charge in [-0.05, 0) is 120 Å². The summed E-state index contributed by atoms with van der Waals surface area (Å²) in [5.74, 6) is -1.02. The van der Waals surface area contributed by atoms with Gasteiger partial charge in [0.05, 0.1) is 45.1 Å². The predicted molar refractivity (Wildman–Crippen MR) is 612 cm³/mol. The maximum absolute atomic E-state index is 11.5. The molecule has 0 unspecified atom stereocenters. The van der Waals surface area contributed by atoms with Crippen LogP contribution in [0.1, 0.15) is 335 Å². The first kappa shape index (κ1) is 147. The zero-order valence-corrected chi connectivity index (χ0v) is 96.7. The van der Waals surface area contributed by atoms with Crippen molar-refractivity contribution in [3.8, 4) is 0 Å². The molecule has 6 aliphatic heterocycles. The lowest BCUT2D eigenvalue weighted by molar-refractivity contribution is -0.127. The summed E-state index contributed by atoms with van der Waals surface area (Å²) in [5, 5.41) is 0.421. The van der Waals surface area contributed by atoms with Gasteiger partial charge in [0.1, 0.15) is 5.58 Å². The maximum Gasteiger partial charge on any atom is 0.422 e. The van der Waals surface area contributed by atoms with Crippen LogP contribution < -0.4 is 31.7 Å². The number of hydrogen-bond acceptors (Lipinski definition) is 15. The third-order valence-electron chi connectivity index (χ3n) is 18.3. The molecule has 3 aromatic heterocycles. The summed E-state index contributed by atoms with van der Waals surface area (Å²) in [6.45, 7) is 73.6. The van der Waals surface area contributed by atoms with Crippen LogP contribution in [0.4, 0.5) is 11.4 Å². The molecule has 0 atom stereocenters. The van der Waals surface area contributed by atoms with Crippen LogP contribution in [-0.4, -0.2) is 129 Å². The number of fused-ring (bicyclic) bond motifs is 9. The third kappa shape index (κ3) is 46.6. The van der Waals surface area contributed by atoms with Gasteiger partial charge in [-0.1, -0.05) is 400 Å². The van der Waals surface area contributed by atoms with E-state index in [1.807, 2.05) is 423 Å². The second-order valence-electron chi connectivity index (χ2n) is 25.1. The molecule has 0 saturated carbocycles. The average Bonchev–Trinajstić information content (AvgIpc) is 1.61. The van der Waals surface area contributed by atoms with Crippen LogP contribution in [0.15, 0.2) is 246 Å². The van der Waals surface area contributed by atoms with Gasteiger partial charge in [0.25, 0.3) is 35.1 Å². The molecule has 24 heteroatoms. The number of oxazole rings is 1. The number of nitrogens with zero attached hydrogens (tertiary/aromatic N) is 9. The van der Waals surface area contributed by atoms with E-state index in [2.05, 4.69) is 6.07 Å². The summed E-state index contributed by atoms with van der Waals surface area (Å²) in [5.41, 5.74) is 13.5. The van der Waals surface area contributed by atoms with E-state index >= 15 is 0 Å². The van der Waals surface area contributed by atoms with Crippen molar-refractivity contribution in [2.75, 3.05) is 58.6 Å². The van der Waals surface area contributed by atoms with Crippen LogP contribution in [0.5, 0.6) is 0 Å². The molecule has 0 radical (unpaired) electrons. The van der Waals surface area contributed by atoms with Crippen LogP contribution in [0.25, 0.3) is 32.3 Å². The highest BCUT2D eigenvalue weighted by atomic mass is 32.1. The number of para-hydroxylation sites is 6. The lowest BCUT2D eigenvalue weighted by Gasteiger charge is -2.25. The van der Waals surface area contributed by atoms with E-state index < -0.39 is 5.76 Å². The van der Waals surface area contributed by atoms with Gasteiger partial charge in [-0.2, -0.15) is 0 Å². The second-order valence-corrected chi connectivity index (χ2v) is 26.1. The summed E-state index contributed by atoms with van der Waals surface area (Å²) >= 11 is 1.29. The monoisotopic (exact) mass is 1980 g/mol. The zero-order chi connectivity index (χ0) is 112. The van der Waals surface area contributed by atoms with E-state index in [4.69, 9.17) is 8.83 Å². The number of hydrogen-bond donors (Lipinski definition) is 0. The number of rotatable bonds is 0. The molecule has 6 aliphatic rings. The number of aromatic nitrogens is 3. The Morgan fingerprint density at radius 2 is 0.556 bits per heavy atom. The number of carbonyl (C=O) groups excluding carboxylic acids is 8. The van der Waals surface area contributed by atoms with Gasteiger partial charge in [-0.3, -0.25) is 62.3 Å². The summed E-state index contributed by atoms with van der Waals surface area (Å²) in [4.78, 5) is 145. The van der Waals surface area contributed by atoms with Crippen LogP contribution >= 0.6 is 11.3 Å². The van der Waals surface area contributed by atoms with E-state index in [1.165, 1.54) is 53.1 Å². The van der Waals surface area contributed by atoms with Crippen molar-refractivity contribution >= 4 is 102 Å². The van der Waals surface area contributed by atoms with Gasteiger partial charge in [0.15, 0.2) is 5.58 Å². The normalized spacial score (nSPS) is 11.2.